The van der Waals surface area contributed by atoms with Gasteiger partial charge in [-0.3, -0.25) is 0 Å². The van der Waals surface area contributed by atoms with Gasteiger partial charge in [-0.2, -0.15) is 0 Å². The SMILES string of the molecule is Fc1ccc(CNC2=N[C@@H]3CCCC[C@@H]3N2)cc1F. The van der Waals surface area contributed by atoms with Gasteiger partial charge in [-0.15, -0.1) is 0 Å². The van der Waals surface area contributed by atoms with E-state index in [4.69, 9.17) is 0 Å². The van der Waals surface area contributed by atoms with Crippen molar-refractivity contribution in [3.8, 4) is 0 Å². The van der Waals surface area contributed by atoms with E-state index in [1.165, 1.54) is 18.9 Å². The molecule has 0 spiro atoms. The van der Waals surface area contributed by atoms with Gasteiger partial charge in [0.15, 0.2) is 17.6 Å². The molecule has 1 aliphatic heterocycles. The molecule has 1 heterocycles. The Morgan fingerprint density at radius 1 is 1.21 bits per heavy atom. The summed E-state index contributed by atoms with van der Waals surface area (Å²) in [7, 11) is 0. The molecule has 19 heavy (non-hydrogen) atoms. The minimum atomic E-state index is -0.814. The molecule has 2 N–H and O–H groups in total. The van der Waals surface area contributed by atoms with Crippen LogP contribution in [0.3, 0.4) is 0 Å². The Bertz CT molecular complexity index is 501. The molecule has 1 fully saturated rings. The van der Waals surface area contributed by atoms with Crippen LogP contribution in [-0.2, 0) is 6.54 Å². The molecule has 5 heteroatoms. The van der Waals surface area contributed by atoms with Crippen molar-refractivity contribution in [2.24, 2.45) is 4.99 Å². The van der Waals surface area contributed by atoms with E-state index in [0.717, 1.165) is 24.9 Å². The number of benzene rings is 1. The summed E-state index contributed by atoms with van der Waals surface area (Å²) in [5, 5.41) is 6.51. The number of halogens is 2. The monoisotopic (exact) mass is 265 g/mol. The first-order valence-corrected chi connectivity index (χ1v) is 6.74. The molecule has 0 bridgehead atoms. The van der Waals surface area contributed by atoms with Gasteiger partial charge in [0, 0.05) is 6.54 Å². The van der Waals surface area contributed by atoms with E-state index in [2.05, 4.69) is 15.6 Å². The highest BCUT2D eigenvalue weighted by Crippen LogP contribution is 2.24. The largest absolute Gasteiger partial charge is 0.352 e. The van der Waals surface area contributed by atoms with Crippen molar-refractivity contribution < 1.29 is 8.78 Å². The summed E-state index contributed by atoms with van der Waals surface area (Å²) in [6.45, 7) is 0.447. The molecule has 3 rings (SSSR count). The van der Waals surface area contributed by atoms with Crippen LogP contribution in [-0.4, -0.2) is 18.0 Å². The summed E-state index contributed by atoms with van der Waals surface area (Å²) in [5.41, 5.74) is 0.707. The van der Waals surface area contributed by atoms with E-state index < -0.39 is 11.6 Å². The normalized spacial score (nSPS) is 25.5. The summed E-state index contributed by atoms with van der Waals surface area (Å²) in [6, 6.07) is 4.76. The Balaban J connectivity index is 1.59. The maximum Gasteiger partial charge on any atom is 0.192 e. The molecular weight excluding hydrogens is 248 g/mol. The third-order valence-electron chi connectivity index (χ3n) is 3.79. The average molecular weight is 265 g/mol. The van der Waals surface area contributed by atoms with Gasteiger partial charge in [0.1, 0.15) is 0 Å². The maximum atomic E-state index is 13.1. The Morgan fingerprint density at radius 2 is 2.05 bits per heavy atom. The smallest absolute Gasteiger partial charge is 0.192 e. The van der Waals surface area contributed by atoms with Crippen LogP contribution in [0.25, 0.3) is 0 Å². The quantitative estimate of drug-likeness (QED) is 0.861. The van der Waals surface area contributed by atoms with Crippen molar-refractivity contribution in [2.75, 3.05) is 0 Å². The van der Waals surface area contributed by atoms with E-state index in [1.807, 2.05) is 0 Å². The molecule has 3 nitrogen and oxygen atoms in total. The summed E-state index contributed by atoms with van der Waals surface area (Å²) >= 11 is 0. The summed E-state index contributed by atoms with van der Waals surface area (Å²) in [4.78, 5) is 4.59. The van der Waals surface area contributed by atoms with Crippen molar-refractivity contribution in [1.82, 2.24) is 10.6 Å². The van der Waals surface area contributed by atoms with Crippen LogP contribution in [0.2, 0.25) is 0 Å². The summed E-state index contributed by atoms with van der Waals surface area (Å²) in [6.07, 6.45) is 4.78. The first kappa shape index (κ1) is 12.4. The first-order valence-electron chi connectivity index (χ1n) is 6.74. The zero-order valence-corrected chi connectivity index (χ0v) is 10.6. The first-order chi connectivity index (χ1) is 9.22. The second-order valence-corrected chi connectivity index (χ2v) is 5.18. The zero-order chi connectivity index (χ0) is 13.2. The highest BCUT2D eigenvalue weighted by Gasteiger charge is 2.30. The molecule has 2 atom stereocenters. The van der Waals surface area contributed by atoms with Gasteiger partial charge in [0.05, 0.1) is 12.1 Å². The lowest BCUT2D eigenvalue weighted by Gasteiger charge is -2.23. The van der Waals surface area contributed by atoms with Crippen molar-refractivity contribution >= 4 is 5.96 Å². The number of nitrogens with zero attached hydrogens (tertiary/aromatic N) is 1. The van der Waals surface area contributed by atoms with E-state index >= 15 is 0 Å². The Labute approximate surface area is 111 Å². The second-order valence-electron chi connectivity index (χ2n) is 5.18. The van der Waals surface area contributed by atoms with Crippen LogP contribution in [0.15, 0.2) is 23.2 Å². The Morgan fingerprint density at radius 3 is 2.84 bits per heavy atom. The van der Waals surface area contributed by atoms with Gasteiger partial charge in [-0.25, -0.2) is 13.8 Å². The molecule has 1 aromatic rings. The number of aliphatic imine (C=N–C) groups is 1. The van der Waals surface area contributed by atoms with Crippen LogP contribution in [0.4, 0.5) is 8.78 Å². The topological polar surface area (TPSA) is 36.4 Å². The van der Waals surface area contributed by atoms with Crippen molar-refractivity contribution in [3.05, 3.63) is 35.4 Å². The Kier molecular flexibility index (Phi) is 3.36. The third-order valence-corrected chi connectivity index (χ3v) is 3.79. The molecule has 0 unspecified atom stereocenters. The number of rotatable bonds is 2. The molecule has 1 saturated carbocycles. The van der Waals surface area contributed by atoms with Crippen LogP contribution in [0, 0.1) is 11.6 Å². The Hall–Kier alpha value is -1.65. The molecule has 1 aliphatic carbocycles. The van der Waals surface area contributed by atoms with Gasteiger partial charge >= 0.3 is 0 Å². The van der Waals surface area contributed by atoms with Gasteiger partial charge in [-0.05, 0) is 30.5 Å². The molecule has 2 aliphatic rings. The van der Waals surface area contributed by atoms with Crippen molar-refractivity contribution in [3.63, 3.8) is 0 Å². The lowest BCUT2D eigenvalue weighted by Crippen LogP contribution is -2.41. The minimum Gasteiger partial charge on any atom is -0.352 e. The van der Waals surface area contributed by atoms with Gasteiger partial charge in [-0.1, -0.05) is 18.9 Å². The molecular formula is C14H17F2N3. The highest BCUT2D eigenvalue weighted by atomic mass is 19.2. The summed E-state index contributed by atoms with van der Waals surface area (Å²) in [5.74, 6) is -0.845. The lowest BCUT2D eigenvalue weighted by molar-refractivity contribution is 0.384. The fourth-order valence-electron chi connectivity index (χ4n) is 2.74. The van der Waals surface area contributed by atoms with Gasteiger partial charge in [0.2, 0.25) is 0 Å². The number of guanidine groups is 1. The molecule has 0 saturated heterocycles. The molecule has 0 amide bonds. The number of nitrogens with one attached hydrogen (secondary N) is 2. The third kappa shape index (κ3) is 2.69. The van der Waals surface area contributed by atoms with Crippen molar-refractivity contribution in [1.29, 1.82) is 0 Å². The number of hydrogen-bond acceptors (Lipinski definition) is 3. The average Bonchev–Trinajstić information content (AvgIpc) is 2.83. The molecule has 102 valence electrons. The van der Waals surface area contributed by atoms with Crippen LogP contribution in [0.1, 0.15) is 31.2 Å². The van der Waals surface area contributed by atoms with Crippen LogP contribution < -0.4 is 10.6 Å². The van der Waals surface area contributed by atoms with Gasteiger partial charge < -0.3 is 10.6 Å². The predicted molar refractivity (Wildman–Crippen MR) is 69.8 cm³/mol. The molecule has 0 aromatic heterocycles. The molecule has 1 aromatic carbocycles. The minimum absolute atomic E-state index is 0.376. The fourth-order valence-corrected chi connectivity index (χ4v) is 2.74. The summed E-state index contributed by atoms with van der Waals surface area (Å²) < 4.78 is 25.9. The predicted octanol–water partition coefficient (Wildman–Crippen LogP) is 2.32. The van der Waals surface area contributed by atoms with Gasteiger partial charge in [0.25, 0.3) is 0 Å². The lowest BCUT2D eigenvalue weighted by atomic mass is 9.92. The maximum absolute atomic E-state index is 13.1. The number of fused-ring (bicyclic) bond motifs is 1. The second kappa shape index (κ2) is 5.15. The fraction of sp³-hybridized carbons (Fsp3) is 0.500. The standard InChI is InChI=1S/C14H17F2N3/c15-10-6-5-9(7-11(10)16)8-17-14-18-12-3-1-2-4-13(12)19-14/h5-7,12-13H,1-4,8H2,(H2,17,18,19)/t12-,13+. The van der Waals surface area contributed by atoms with Crippen LogP contribution in [0.5, 0.6) is 0 Å². The van der Waals surface area contributed by atoms with Crippen LogP contribution >= 0.6 is 0 Å². The van der Waals surface area contributed by atoms with E-state index in [-0.39, 0.29) is 0 Å². The zero-order valence-electron chi connectivity index (χ0n) is 10.6. The number of hydrogen-bond donors (Lipinski definition) is 2. The highest BCUT2D eigenvalue weighted by molar-refractivity contribution is 5.82. The van der Waals surface area contributed by atoms with E-state index in [9.17, 15) is 8.78 Å². The van der Waals surface area contributed by atoms with Crippen molar-refractivity contribution in [2.45, 2.75) is 44.3 Å². The molecule has 0 radical (unpaired) electrons. The van der Waals surface area contributed by atoms with E-state index in [1.54, 1.807) is 6.07 Å². The van der Waals surface area contributed by atoms with E-state index in [0.29, 0.717) is 24.2 Å².